The first-order valence-corrected chi connectivity index (χ1v) is 9.34. The number of carbonyl (C=O) groups excluding carboxylic acids is 2. The topological polar surface area (TPSA) is 88.4 Å². The van der Waals surface area contributed by atoms with Crippen molar-refractivity contribution in [3.8, 4) is 0 Å². The average molecular weight is 458 g/mol. The SMILES string of the molecule is C/C(=N/NC(=O)c1c(Br)cnn1C)c1ccc(NC(=O)c2cccc(F)c2)cc1. The lowest BCUT2D eigenvalue weighted by molar-refractivity contribution is 0.0944. The molecule has 1 heterocycles. The first-order valence-electron chi connectivity index (χ1n) is 8.54. The van der Waals surface area contributed by atoms with Crippen molar-refractivity contribution in [3.05, 3.63) is 81.8 Å². The third-order valence-corrected chi connectivity index (χ3v) is 4.66. The second-order valence-electron chi connectivity index (χ2n) is 6.14. The molecular weight excluding hydrogens is 441 g/mol. The molecule has 0 saturated heterocycles. The zero-order valence-corrected chi connectivity index (χ0v) is 17.2. The number of hydrogen-bond acceptors (Lipinski definition) is 4. The van der Waals surface area contributed by atoms with Gasteiger partial charge in [-0.3, -0.25) is 14.3 Å². The lowest BCUT2D eigenvalue weighted by atomic mass is 10.1. The quantitative estimate of drug-likeness (QED) is 0.451. The van der Waals surface area contributed by atoms with E-state index in [1.807, 2.05) is 0 Å². The van der Waals surface area contributed by atoms with Crippen molar-refractivity contribution in [2.24, 2.45) is 12.1 Å². The summed E-state index contributed by atoms with van der Waals surface area (Å²) in [7, 11) is 1.66. The molecule has 0 aliphatic carbocycles. The molecule has 0 fully saturated rings. The van der Waals surface area contributed by atoms with Crippen molar-refractivity contribution in [3.63, 3.8) is 0 Å². The normalized spacial score (nSPS) is 11.2. The number of hydrogen-bond donors (Lipinski definition) is 2. The molecule has 0 atom stereocenters. The zero-order chi connectivity index (χ0) is 21.0. The number of halogens is 2. The van der Waals surface area contributed by atoms with E-state index >= 15 is 0 Å². The Kier molecular flexibility index (Phi) is 6.18. The Morgan fingerprint density at radius 3 is 2.45 bits per heavy atom. The Morgan fingerprint density at radius 1 is 1.10 bits per heavy atom. The summed E-state index contributed by atoms with van der Waals surface area (Å²) in [6, 6.07) is 12.4. The van der Waals surface area contributed by atoms with Gasteiger partial charge in [0.05, 0.1) is 16.4 Å². The fraction of sp³-hybridized carbons (Fsp3) is 0.100. The van der Waals surface area contributed by atoms with Gasteiger partial charge in [-0.05, 0) is 58.7 Å². The van der Waals surface area contributed by atoms with Gasteiger partial charge in [0.25, 0.3) is 11.8 Å². The number of aromatic nitrogens is 2. The first kappa shape index (κ1) is 20.4. The van der Waals surface area contributed by atoms with Gasteiger partial charge in [-0.25, -0.2) is 9.82 Å². The Morgan fingerprint density at radius 2 is 1.83 bits per heavy atom. The van der Waals surface area contributed by atoms with Gasteiger partial charge in [0.1, 0.15) is 11.5 Å². The Labute approximate surface area is 174 Å². The minimum Gasteiger partial charge on any atom is -0.322 e. The third kappa shape index (κ3) is 4.94. The lowest BCUT2D eigenvalue weighted by Gasteiger charge is -2.07. The molecule has 0 unspecified atom stereocenters. The number of aryl methyl sites for hydroxylation is 1. The van der Waals surface area contributed by atoms with E-state index < -0.39 is 17.6 Å². The van der Waals surface area contributed by atoms with Crippen LogP contribution in [0.1, 0.15) is 33.3 Å². The molecule has 0 bridgehead atoms. The highest BCUT2D eigenvalue weighted by Gasteiger charge is 2.14. The number of amides is 2. The van der Waals surface area contributed by atoms with Crippen molar-refractivity contribution in [2.75, 3.05) is 5.32 Å². The molecular formula is C20H17BrFN5O2. The van der Waals surface area contributed by atoms with Crippen LogP contribution in [0.3, 0.4) is 0 Å². The highest BCUT2D eigenvalue weighted by Crippen LogP contribution is 2.15. The molecule has 29 heavy (non-hydrogen) atoms. The van der Waals surface area contributed by atoms with E-state index in [-0.39, 0.29) is 5.56 Å². The molecule has 1 aromatic heterocycles. The summed E-state index contributed by atoms with van der Waals surface area (Å²) in [6.45, 7) is 1.75. The summed E-state index contributed by atoms with van der Waals surface area (Å²) in [5, 5.41) is 10.8. The predicted octanol–water partition coefficient (Wildman–Crippen LogP) is 3.73. The Hall–Kier alpha value is -3.33. The van der Waals surface area contributed by atoms with Crippen LogP contribution in [0, 0.1) is 5.82 Å². The van der Waals surface area contributed by atoms with Crippen molar-refractivity contribution in [2.45, 2.75) is 6.92 Å². The summed E-state index contributed by atoms with van der Waals surface area (Å²) in [5.41, 5.74) is 4.98. The van der Waals surface area contributed by atoms with E-state index in [2.05, 4.69) is 36.9 Å². The molecule has 7 nitrogen and oxygen atoms in total. The fourth-order valence-electron chi connectivity index (χ4n) is 2.55. The van der Waals surface area contributed by atoms with Crippen LogP contribution in [0.2, 0.25) is 0 Å². The van der Waals surface area contributed by atoms with Crippen LogP contribution in [0.25, 0.3) is 0 Å². The summed E-state index contributed by atoms with van der Waals surface area (Å²) in [4.78, 5) is 24.4. The van der Waals surface area contributed by atoms with Gasteiger partial charge in [0.15, 0.2) is 0 Å². The maximum atomic E-state index is 13.2. The van der Waals surface area contributed by atoms with E-state index in [0.717, 1.165) is 5.56 Å². The maximum Gasteiger partial charge on any atom is 0.290 e. The third-order valence-electron chi connectivity index (χ3n) is 4.08. The molecule has 3 aromatic rings. The van der Waals surface area contributed by atoms with Gasteiger partial charge in [-0.1, -0.05) is 18.2 Å². The minimum atomic E-state index is -0.472. The van der Waals surface area contributed by atoms with Crippen molar-refractivity contribution in [1.29, 1.82) is 0 Å². The van der Waals surface area contributed by atoms with Crippen molar-refractivity contribution in [1.82, 2.24) is 15.2 Å². The average Bonchev–Trinajstić information content (AvgIpc) is 3.04. The molecule has 0 aliphatic rings. The molecule has 0 aliphatic heterocycles. The monoisotopic (exact) mass is 457 g/mol. The molecule has 3 rings (SSSR count). The fourth-order valence-corrected chi connectivity index (χ4v) is 3.07. The van der Waals surface area contributed by atoms with Gasteiger partial charge in [-0.15, -0.1) is 0 Å². The van der Waals surface area contributed by atoms with Gasteiger partial charge >= 0.3 is 0 Å². The number of rotatable bonds is 5. The lowest BCUT2D eigenvalue weighted by Crippen LogP contribution is -2.22. The molecule has 0 spiro atoms. The van der Waals surface area contributed by atoms with Crippen LogP contribution >= 0.6 is 15.9 Å². The van der Waals surface area contributed by atoms with E-state index in [1.54, 1.807) is 38.2 Å². The number of nitrogens with one attached hydrogen (secondary N) is 2. The van der Waals surface area contributed by atoms with Crippen LogP contribution in [-0.2, 0) is 7.05 Å². The number of carbonyl (C=O) groups is 2. The second-order valence-corrected chi connectivity index (χ2v) is 7.00. The molecule has 2 N–H and O–H groups in total. The predicted molar refractivity (Wildman–Crippen MR) is 111 cm³/mol. The van der Waals surface area contributed by atoms with Crippen LogP contribution in [0.15, 0.2) is 64.3 Å². The van der Waals surface area contributed by atoms with Crippen molar-refractivity contribution >= 4 is 39.1 Å². The Bertz CT molecular complexity index is 1070. The van der Waals surface area contributed by atoms with E-state index in [4.69, 9.17) is 0 Å². The van der Waals surface area contributed by atoms with Crippen molar-refractivity contribution < 1.29 is 14.0 Å². The van der Waals surface area contributed by atoms with Crippen LogP contribution in [-0.4, -0.2) is 27.3 Å². The molecule has 2 amide bonds. The van der Waals surface area contributed by atoms with Crippen LogP contribution < -0.4 is 10.7 Å². The van der Waals surface area contributed by atoms with E-state index in [9.17, 15) is 14.0 Å². The number of benzene rings is 2. The van der Waals surface area contributed by atoms with Gasteiger partial charge in [-0.2, -0.15) is 10.2 Å². The summed E-state index contributed by atoms with van der Waals surface area (Å²) in [6.07, 6.45) is 1.53. The molecule has 148 valence electrons. The van der Waals surface area contributed by atoms with Gasteiger partial charge < -0.3 is 5.32 Å². The van der Waals surface area contributed by atoms with E-state index in [0.29, 0.717) is 21.6 Å². The largest absolute Gasteiger partial charge is 0.322 e. The van der Waals surface area contributed by atoms with Gasteiger partial charge in [0, 0.05) is 18.3 Å². The molecule has 0 saturated carbocycles. The number of hydrazone groups is 1. The standard InChI is InChI=1S/C20H17BrFN5O2/c1-12(25-26-20(29)18-17(21)11-23-27(18)2)13-6-8-16(9-7-13)24-19(28)14-4-3-5-15(22)10-14/h3-11H,1-2H3,(H,24,28)(H,26,29)/b25-12-. The maximum absolute atomic E-state index is 13.2. The Balaban J connectivity index is 1.65. The minimum absolute atomic E-state index is 0.232. The number of nitrogens with zero attached hydrogens (tertiary/aromatic N) is 3. The highest BCUT2D eigenvalue weighted by molar-refractivity contribution is 9.10. The van der Waals surface area contributed by atoms with Crippen LogP contribution in [0.5, 0.6) is 0 Å². The zero-order valence-electron chi connectivity index (χ0n) is 15.6. The molecule has 0 radical (unpaired) electrons. The summed E-state index contributed by atoms with van der Waals surface area (Å²) >= 11 is 3.27. The van der Waals surface area contributed by atoms with Gasteiger partial charge in [0.2, 0.25) is 0 Å². The number of anilines is 1. The molecule has 2 aromatic carbocycles. The first-order chi connectivity index (χ1) is 13.8. The second kappa shape index (κ2) is 8.78. The van der Waals surface area contributed by atoms with E-state index in [1.165, 1.54) is 35.1 Å². The summed E-state index contributed by atoms with van der Waals surface area (Å²) in [5.74, 6) is -1.27. The summed E-state index contributed by atoms with van der Waals surface area (Å²) < 4.78 is 15.3. The molecule has 9 heteroatoms. The highest BCUT2D eigenvalue weighted by atomic mass is 79.9. The smallest absolute Gasteiger partial charge is 0.290 e. The van der Waals surface area contributed by atoms with Crippen LogP contribution in [0.4, 0.5) is 10.1 Å².